The number of hydrogen-bond acceptors (Lipinski definition) is 3. The molecule has 0 aromatic carbocycles. The summed E-state index contributed by atoms with van der Waals surface area (Å²) >= 11 is 5.19. The lowest BCUT2D eigenvalue weighted by Crippen LogP contribution is -2.05. The van der Waals surface area contributed by atoms with E-state index in [1.54, 1.807) is 0 Å². The van der Waals surface area contributed by atoms with Gasteiger partial charge in [0.15, 0.2) is 11.4 Å². The lowest BCUT2D eigenvalue weighted by atomic mass is 10.1. The van der Waals surface area contributed by atoms with E-state index in [9.17, 15) is 13.6 Å². The molecular formula is C9H8ClF2NO2. The topological polar surface area (TPSA) is 39.2 Å². The first-order valence-corrected chi connectivity index (χ1v) is 4.38. The van der Waals surface area contributed by atoms with Crippen LogP contribution in [0.2, 0.25) is 0 Å². The number of aromatic nitrogens is 1. The molecule has 0 aliphatic rings. The first-order chi connectivity index (χ1) is 6.99. The van der Waals surface area contributed by atoms with Crippen molar-refractivity contribution in [1.82, 2.24) is 4.98 Å². The van der Waals surface area contributed by atoms with Crippen molar-refractivity contribution in [3.63, 3.8) is 0 Å². The van der Waals surface area contributed by atoms with Crippen LogP contribution in [0.15, 0.2) is 6.20 Å². The maximum atomic E-state index is 12.7. The highest BCUT2D eigenvalue weighted by Crippen LogP contribution is 2.34. The highest BCUT2D eigenvalue weighted by molar-refractivity contribution is 6.67. The molecule has 0 saturated carbocycles. The Bertz CT molecular complexity index is 396. The lowest BCUT2D eigenvalue weighted by Gasteiger charge is -2.12. The summed E-state index contributed by atoms with van der Waals surface area (Å²) in [7, 11) is 1.19. The second kappa shape index (κ2) is 4.53. The van der Waals surface area contributed by atoms with Gasteiger partial charge in [0.2, 0.25) is 0 Å². The van der Waals surface area contributed by atoms with Gasteiger partial charge < -0.3 is 4.74 Å². The van der Waals surface area contributed by atoms with Crippen molar-refractivity contribution in [3.8, 4) is 5.75 Å². The standard InChI is InChI=1S/C9H8ClF2NO2/c1-4-3-13-6(8(10)14)7(15-2)5(4)9(11)12/h3,9H,1-2H3. The molecule has 0 aliphatic heterocycles. The maximum Gasteiger partial charge on any atom is 0.274 e. The average molecular weight is 236 g/mol. The number of hydrogen-bond donors (Lipinski definition) is 0. The molecule has 0 aliphatic carbocycles. The quantitative estimate of drug-likeness (QED) is 0.756. The number of pyridine rings is 1. The number of carbonyl (C=O) groups is 1. The van der Waals surface area contributed by atoms with E-state index in [4.69, 9.17) is 16.3 Å². The van der Waals surface area contributed by atoms with Gasteiger partial charge in [-0.1, -0.05) is 0 Å². The Labute approximate surface area is 90.0 Å². The van der Waals surface area contributed by atoms with Crippen molar-refractivity contribution in [2.75, 3.05) is 7.11 Å². The van der Waals surface area contributed by atoms with Crippen molar-refractivity contribution in [2.24, 2.45) is 0 Å². The van der Waals surface area contributed by atoms with Gasteiger partial charge in [0.1, 0.15) is 0 Å². The first kappa shape index (κ1) is 11.8. The van der Waals surface area contributed by atoms with Crippen LogP contribution >= 0.6 is 11.6 Å². The van der Waals surface area contributed by atoms with Crippen LogP contribution in [-0.2, 0) is 0 Å². The van der Waals surface area contributed by atoms with Gasteiger partial charge in [-0.05, 0) is 24.1 Å². The van der Waals surface area contributed by atoms with Gasteiger partial charge in [-0.2, -0.15) is 0 Å². The van der Waals surface area contributed by atoms with E-state index in [-0.39, 0.29) is 22.6 Å². The van der Waals surface area contributed by atoms with E-state index in [2.05, 4.69) is 4.98 Å². The minimum Gasteiger partial charge on any atom is -0.494 e. The van der Waals surface area contributed by atoms with E-state index < -0.39 is 11.7 Å². The van der Waals surface area contributed by atoms with Gasteiger partial charge in [-0.3, -0.25) is 4.79 Å². The number of rotatable bonds is 3. The van der Waals surface area contributed by atoms with Crippen molar-refractivity contribution in [3.05, 3.63) is 23.0 Å². The molecular weight excluding hydrogens is 228 g/mol. The Hall–Kier alpha value is -1.23. The summed E-state index contributed by atoms with van der Waals surface area (Å²) in [6.45, 7) is 1.46. The zero-order valence-electron chi connectivity index (χ0n) is 8.05. The summed E-state index contributed by atoms with van der Waals surface area (Å²) in [5.41, 5.74) is -0.389. The van der Waals surface area contributed by atoms with Crippen LogP contribution in [0.25, 0.3) is 0 Å². The molecule has 0 N–H and O–H groups in total. The minimum absolute atomic E-state index is 0.253. The molecule has 0 fully saturated rings. The van der Waals surface area contributed by atoms with Gasteiger partial charge in [-0.25, -0.2) is 13.8 Å². The Morgan fingerprint density at radius 3 is 2.60 bits per heavy atom. The summed E-state index contributed by atoms with van der Waals surface area (Å²) in [4.78, 5) is 14.5. The summed E-state index contributed by atoms with van der Waals surface area (Å²) < 4.78 is 30.0. The Balaban J connectivity index is 3.47. The third-order valence-corrected chi connectivity index (χ3v) is 2.06. The monoisotopic (exact) mass is 235 g/mol. The molecule has 0 unspecified atom stereocenters. The van der Waals surface area contributed by atoms with Gasteiger partial charge in [0.25, 0.3) is 11.7 Å². The van der Waals surface area contributed by atoms with E-state index in [1.807, 2.05) is 0 Å². The summed E-state index contributed by atoms with van der Waals surface area (Å²) in [6, 6.07) is 0. The van der Waals surface area contributed by atoms with E-state index >= 15 is 0 Å². The summed E-state index contributed by atoms with van der Waals surface area (Å²) in [5.74, 6) is -0.259. The SMILES string of the molecule is COc1c(C(=O)Cl)ncc(C)c1C(F)F. The number of methoxy groups -OCH3 is 1. The van der Waals surface area contributed by atoms with Gasteiger partial charge in [-0.15, -0.1) is 0 Å². The predicted molar refractivity (Wildman–Crippen MR) is 50.7 cm³/mol. The molecule has 3 nitrogen and oxygen atoms in total. The number of alkyl halides is 2. The molecule has 1 aromatic heterocycles. The zero-order valence-corrected chi connectivity index (χ0v) is 8.81. The van der Waals surface area contributed by atoms with Crippen molar-refractivity contribution in [1.29, 1.82) is 0 Å². The fraction of sp³-hybridized carbons (Fsp3) is 0.333. The van der Waals surface area contributed by atoms with Crippen LogP contribution in [0, 0.1) is 6.92 Å². The zero-order chi connectivity index (χ0) is 11.6. The number of nitrogens with zero attached hydrogens (tertiary/aromatic N) is 1. The third-order valence-electron chi connectivity index (χ3n) is 1.88. The summed E-state index contributed by atoms with van der Waals surface area (Å²) in [5, 5.41) is -0.922. The highest BCUT2D eigenvalue weighted by Gasteiger charge is 2.23. The normalized spacial score (nSPS) is 10.5. The molecule has 0 atom stereocenters. The number of aryl methyl sites for hydroxylation is 1. The van der Waals surface area contributed by atoms with Gasteiger partial charge in [0.05, 0.1) is 12.7 Å². The van der Waals surface area contributed by atoms with Crippen LogP contribution in [0.1, 0.15) is 28.0 Å². The number of carbonyl (C=O) groups excluding carboxylic acids is 1. The van der Waals surface area contributed by atoms with E-state index in [0.717, 1.165) is 0 Å². The molecule has 0 spiro atoms. The molecule has 0 bridgehead atoms. The second-order valence-corrected chi connectivity index (χ2v) is 3.15. The first-order valence-electron chi connectivity index (χ1n) is 4.00. The molecule has 6 heteroatoms. The van der Waals surface area contributed by atoms with Crippen LogP contribution in [0.5, 0.6) is 5.75 Å². The summed E-state index contributed by atoms with van der Waals surface area (Å²) in [6.07, 6.45) is -1.57. The molecule has 0 amide bonds. The molecule has 1 heterocycles. The van der Waals surface area contributed by atoms with E-state index in [1.165, 1.54) is 20.2 Å². The van der Waals surface area contributed by atoms with Crippen LogP contribution in [0.3, 0.4) is 0 Å². The minimum atomic E-state index is -2.74. The average Bonchev–Trinajstić information content (AvgIpc) is 2.15. The van der Waals surface area contributed by atoms with E-state index in [0.29, 0.717) is 0 Å². The predicted octanol–water partition coefficient (Wildman–Crippen LogP) is 2.72. The molecule has 1 aromatic rings. The van der Waals surface area contributed by atoms with Crippen molar-refractivity contribution < 1.29 is 18.3 Å². The molecule has 0 radical (unpaired) electrons. The smallest absolute Gasteiger partial charge is 0.274 e. The largest absolute Gasteiger partial charge is 0.494 e. The third kappa shape index (κ3) is 2.23. The fourth-order valence-electron chi connectivity index (χ4n) is 1.21. The number of ether oxygens (including phenoxy) is 1. The van der Waals surface area contributed by atoms with Gasteiger partial charge in [0, 0.05) is 6.20 Å². The molecule has 0 saturated heterocycles. The Morgan fingerprint density at radius 1 is 1.60 bits per heavy atom. The second-order valence-electron chi connectivity index (χ2n) is 2.81. The number of halogens is 3. The van der Waals surface area contributed by atoms with Crippen molar-refractivity contribution in [2.45, 2.75) is 13.3 Å². The lowest BCUT2D eigenvalue weighted by molar-refractivity contribution is 0.107. The van der Waals surface area contributed by atoms with Crippen LogP contribution in [0.4, 0.5) is 8.78 Å². The molecule has 15 heavy (non-hydrogen) atoms. The molecule has 1 rings (SSSR count). The molecule has 82 valence electrons. The Morgan fingerprint density at radius 2 is 2.20 bits per heavy atom. The highest BCUT2D eigenvalue weighted by atomic mass is 35.5. The Kier molecular flexibility index (Phi) is 3.57. The van der Waals surface area contributed by atoms with Crippen LogP contribution < -0.4 is 4.74 Å². The maximum absolute atomic E-state index is 12.7. The van der Waals surface area contributed by atoms with Crippen LogP contribution in [-0.4, -0.2) is 17.3 Å². The fourth-order valence-corrected chi connectivity index (χ4v) is 1.35. The van der Waals surface area contributed by atoms with Gasteiger partial charge >= 0.3 is 0 Å². The van der Waals surface area contributed by atoms with Crippen molar-refractivity contribution >= 4 is 16.8 Å².